The highest BCUT2D eigenvalue weighted by molar-refractivity contribution is 6.31. The van der Waals surface area contributed by atoms with Gasteiger partial charge in [0.05, 0.1) is 0 Å². The topological polar surface area (TPSA) is 26.0 Å². The first-order chi connectivity index (χ1) is 5.70. The van der Waals surface area contributed by atoms with Crippen molar-refractivity contribution in [3.63, 3.8) is 0 Å². The van der Waals surface area contributed by atoms with E-state index < -0.39 is 0 Å². The van der Waals surface area contributed by atoms with Gasteiger partial charge in [-0.2, -0.15) is 0 Å². The molecule has 3 heteroatoms. The molecule has 0 radical (unpaired) electrons. The Labute approximate surface area is 75.3 Å². The van der Waals surface area contributed by atoms with Gasteiger partial charge in [-0.15, -0.1) is 0 Å². The third-order valence-electron chi connectivity index (χ3n) is 2.32. The monoisotopic (exact) mass is 185 g/mol. The Morgan fingerprint density at radius 2 is 2.25 bits per heavy atom. The molecular weight excluding hydrogens is 177 g/mol. The normalized spacial score (nSPS) is 21.1. The van der Waals surface area contributed by atoms with Gasteiger partial charge in [0.2, 0.25) is 0 Å². The molecule has 0 unspecified atom stereocenters. The Morgan fingerprint density at radius 3 is 2.92 bits per heavy atom. The smallest absolute Gasteiger partial charge is 0.126 e. The summed E-state index contributed by atoms with van der Waals surface area (Å²) >= 11 is 5.89. The van der Waals surface area contributed by atoms with E-state index in [1.54, 1.807) is 6.07 Å². The maximum Gasteiger partial charge on any atom is 0.126 e. The van der Waals surface area contributed by atoms with Crippen molar-refractivity contribution in [1.29, 1.82) is 0 Å². The Hall–Kier alpha value is -0.600. The van der Waals surface area contributed by atoms with Gasteiger partial charge in [-0.25, -0.2) is 4.39 Å². The van der Waals surface area contributed by atoms with Crippen LogP contribution < -0.4 is 5.73 Å². The van der Waals surface area contributed by atoms with Crippen LogP contribution in [0.1, 0.15) is 23.6 Å². The summed E-state index contributed by atoms with van der Waals surface area (Å²) in [6, 6.07) is 2.89. The van der Waals surface area contributed by atoms with E-state index in [2.05, 4.69) is 0 Å². The molecule has 2 N–H and O–H groups in total. The molecule has 12 heavy (non-hydrogen) atoms. The molecule has 1 aliphatic rings. The number of fused-ring (bicyclic) bond motifs is 1. The number of benzene rings is 1. The minimum absolute atomic E-state index is 0.0804. The fourth-order valence-electron chi connectivity index (χ4n) is 1.71. The summed E-state index contributed by atoms with van der Waals surface area (Å²) in [5.41, 5.74) is 7.27. The van der Waals surface area contributed by atoms with Crippen LogP contribution in [0.3, 0.4) is 0 Å². The van der Waals surface area contributed by atoms with Crippen molar-refractivity contribution < 1.29 is 4.39 Å². The molecule has 0 fully saturated rings. The zero-order valence-electron chi connectivity index (χ0n) is 6.48. The Balaban J connectivity index is 2.64. The van der Waals surface area contributed by atoms with E-state index in [0.717, 1.165) is 12.0 Å². The molecule has 0 aromatic heterocycles. The quantitative estimate of drug-likeness (QED) is 0.660. The van der Waals surface area contributed by atoms with Crippen molar-refractivity contribution >= 4 is 11.6 Å². The van der Waals surface area contributed by atoms with E-state index in [4.69, 9.17) is 17.3 Å². The summed E-state index contributed by atoms with van der Waals surface area (Å²) in [6.45, 7) is 0. The zero-order chi connectivity index (χ0) is 8.72. The van der Waals surface area contributed by atoms with Gasteiger partial charge in [0.1, 0.15) is 5.82 Å². The zero-order valence-corrected chi connectivity index (χ0v) is 7.24. The summed E-state index contributed by atoms with van der Waals surface area (Å²) in [7, 11) is 0. The van der Waals surface area contributed by atoms with E-state index in [1.807, 2.05) is 0 Å². The number of hydrogen-bond donors (Lipinski definition) is 1. The van der Waals surface area contributed by atoms with Gasteiger partial charge in [-0.1, -0.05) is 11.6 Å². The lowest BCUT2D eigenvalue weighted by Gasteiger charge is -2.06. The second kappa shape index (κ2) is 2.71. The minimum Gasteiger partial charge on any atom is -0.324 e. The van der Waals surface area contributed by atoms with Crippen molar-refractivity contribution in [1.82, 2.24) is 0 Å². The van der Waals surface area contributed by atoms with Crippen LogP contribution in [0.4, 0.5) is 4.39 Å². The molecule has 1 aromatic carbocycles. The third kappa shape index (κ3) is 1.03. The highest BCUT2D eigenvalue weighted by Crippen LogP contribution is 2.36. The molecule has 0 saturated heterocycles. The highest BCUT2D eigenvalue weighted by atomic mass is 35.5. The van der Waals surface area contributed by atoms with Gasteiger partial charge >= 0.3 is 0 Å². The molecule has 0 bridgehead atoms. The first-order valence-corrected chi connectivity index (χ1v) is 4.30. The van der Waals surface area contributed by atoms with Crippen LogP contribution in [0, 0.1) is 5.82 Å². The second-order valence-corrected chi connectivity index (χ2v) is 3.47. The summed E-state index contributed by atoms with van der Waals surface area (Å²) < 4.78 is 13.1. The van der Waals surface area contributed by atoms with Crippen molar-refractivity contribution in [2.75, 3.05) is 0 Å². The summed E-state index contributed by atoms with van der Waals surface area (Å²) in [5.74, 6) is -0.178. The molecular formula is C9H9ClFN. The van der Waals surface area contributed by atoms with Gasteiger partial charge in [0.25, 0.3) is 0 Å². The molecule has 1 nitrogen and oxygen atoms in total. The number of hydrogen-bond acceptors (Lipinski definition) is 1. The minimum atomic E-state index is -0.178. The molecule has 1 aromatic rings. The SMILES string of the molecule is N[C@@H]1CCc2c(F)ccc(Cl)c21. The molecule has 1 atom stereocenters. The standard InChI is InChI=1S/C9H9ClFN/c10-6-2-3-7(11)5-1-4-8(12)9(5)6/h2-3,8H,1,4,12H2/t8-/m1/s1. The first kappa shape index (κ1) is 8.02. The van der Waals surface area contributed by atoms with Crippen LogP contribution in [-0.4, -0.2) is 0 Å². The van der Waals surface area contributed by atoms with Crippen LogP contribution in [-0.2, 0) is 6.42 Å². The fourth-order valence-corrected chi connectivity index (χ4v) is 2.03. The van der Waals surface area contributed by atoms with Crippen LogP contribution in [0.2, 0.25) is 5.02 Å². The molecule has 1 aliphatic carbocycles. The van der Waals surface area contributed by atoms with Crippen molar-refractivity contribution in [2.45, 2.75) is 18.9 Å². The van der Waals surface area contributed by atoms with E-state index in [9.17, 15) is 4.39 Å². The molecule has 0 aliphatic heterocycles. The highest BCUT2D eigenvalue weighted by Gasteiger charge is 2.24. The summed E-state index contributed by atoms with van der Waals surface area (Å²) in [5, 5.41) is 0.594. The summed E-state index contributed by atoms with van der Waals surface area (Å²) in [6.07, 6.45) is 1.51. The van der Waals surface area contributed by atoms with Crippen LogP contribution >= 0.6 is 11.6 Å². The molecule has 0 heterocycles. The molecule has 0 amide bonds. The van der Waals surface area contributed by atoms with Gasteiger partial charge in [0, 0.05) is 11.1 Å². The molecule has 2 rings (SSSR count). The van der Waals surface area contributed by atoms with Crippen LogP contribution in [0.25, 0.3) is 0 Å². The number of halogens is 2. The van der Waals surface area contributed by atoms with Gasteiger partial charge in [-0.05, 0) is 36.1 Å². The lowest BCUT2D eigenvalue weighted by molar-refractivity contribution is 0.612. The van der Waals surface area contributed by atoms with E-state index in [1.165, 1.54) is 6.07 Å². The summed E-state index contributed by atoms with van der Waals surface area (Å²) in [4.78, 5) is 0. The third-order valence-corrected chi connectivity index (χ3v) is 2.65. The Bertz CT molecular complexity index is 325. The molecule has 0 saturated carbocycles. The van der Waals surface area contributed by atoms with Crippen LogP contribution in [0.15, 0.2) is 12.1 Å². The fraction of sp³-hybridized carbons (Fsp3) is 0.333. The Morgan fingerprint density at radius 1 is 1.50 bits per heavy atom. The van der Waals surface area contributed by atoms with Crippen molar-refractivity contribution in [3.8, 4) is 0 Å². The van der Waals surface area contributed by atoms with Crippen LogP contribution in [0.5, 0.6) is 0 Å². The number of nitrogens with two attached hydrogens (primary N) is 1. The van der Waals surface area contributed by atoms with Crippen molar-refractivity contribution in [3.05, 3.63) is 34.1 Å². The average molecular weight is 186 g/mol. The maximum atomic E-state index is 13.1. The first-order valence-electron chi connectivity index (χ1n) is 3.92. The maximum absolute atomic E-state index is 13.1. The lowest BCUT2D eigenvalue weighted by atomic mass is 10.1. The van der Waals surface area contributed by atoms with E-state index in [-0.39, 0.29) is 11.9 Å². The van der Waals surface area contributed by atoms with Gasteiger partial charge in [0.15, 0.2) is 0 Å². The molecule has 0 spiro atoms. The Kier molecular flexibility index (Phi) is 1.81. The predicted octanol–water partition coefficient (Wildman–Crippen LogP) is 2.43. The largest absolute Gasteiger partial charge is 0.324 e. The average Bonchev–Trinajstić information content (AvgIpc) is 2.42. The second-order valence-electron chi connectivity index (χ2n) is 3.07. The lowest BCUT2D eigenvalue weighted by Crippen LogP contribution is -2.06. The molecule has 64 valence electrons. The van der Waals surface area contributed by atoms with E-state index in [0.29, 0.717) is 17.0 Å². The van der Waals surface area contributed by atoms with E-state index >= 15 is 0 Å². The van der Waals surface area contributed by atoms with Gasteiger partial charge in [-0.3, -0.25) is 0 Å². The number of rotatable bonds is 0. The van der Waals surface area contributed by atoms with Gasteiger partial charge < -0.3 is 5.73 Å². The van der Waals surface area contributed by atoms with Crippen molar-refractivity contribution in [2.24, 2.45) is 5.73 Å². The predicted molar refractivity (Wildman–Crippen MR) is 46.7 cm³/mol.